The number of amides is 2. The van der Waals surface area contributed by atoms with E-state index in [1.165, 1.54) is 0 Å². The number of rotatable bonds is 5. The lowest BCUT2D eigenvalue weighted by atomic mass is 9.71. The zero-order chi connectivity index (χ0) is 19.2. The molecule has 2 rings (SSSR count). The summed E-state index contributed by atoms with van der Waals surface area (Å²) in [5.41, 5.74) is 1.40. The van der Waals surface area contributed by atoms with Crippen molar-refractivity contribution in [2.24, 2.45) is 11.3 Å². The van der Waals surface area contributed by atoms with Gasteiger partial charge in [-0.1, -0.05) is 32.9 Å². The molecule has 26 heavy (non-hydrogen) atoms. The van der Waals surface area contributed by atoms with E-state index >= 15 is 0 Å². The van der Waals surface area contributed by atoms with Gasteiger partial charge in [-0.05, 0) is 61.1 Å². The van der Waals surface area contributed by atoms with Gasteiger partial charge >= 0.3 is 11.8 Å². The predicted octanol–water partition coefficient (Wildman–Crippen LogP) is 3.08. The minimum absolute atomic E-state index is 0.119. The summed E-state index contributed by atoms with van der Waals surface area (Å²) in [5.74, 6) is 0.433. The number of methoxy groups -OCH3 is 1. The number of benzene rings is 1. The van der Waals surface area contributed by atoms with Gasteiger partial charge in [-0.15, -0.1) is 0 Å². The summed E-state index contributed by atoms with van der Waals surface area (Å²) in [6.07, 6.45) is 4.79. The Hall–Kier alpha value is -2.04. The fourth-order valence-electron chi connectivity index (χ4n) is 3.55. The highest BCUT2D eigenvalue weighted by Crippen LogP contribution is 2.37. The second-order valence-electron chi connectivity index (χ2n) is 8.24. The Morgan fingerprint density at radius 2 is 1.65 bits per heavy atom. The molecule has 0 aromatic heterocycles. The number of carbonyl (C=O) groups is 2. The first-order chi connectivity index (χ1) is 12.3. The van der Waals surface area contributed by atoms with Crippen LogP contribution >= 0.6 is 0 Å². The lowest BCUT2D eigenvalue weighted by molar-refractivity contribution is -0.139. The molecule has 0 atom stereocenters. The second-order valence-corrected chi connectivity index (χ2v) is 8.24. The largest absolute Gasteiger partial charge is 0.497 e. The van der Waals surface area contributed by atoms with Crippen molar-refractivity contribution >= 4 is 11.8 Å². The predicted molar refractivity (Wildman–Crippen MR) is 103 cm³/mol. The Morgan fingerprint density at radius 3 is 2.19 bits per heavy atom. The molecule has 2 amide bonds. The Morgan fingerprint density at radius 1 is 1.04 bits per heavy atom. The van der Waals surface area contributed by atoms with Gasteiger partial charge < -0.3 is 15.4 Å². The highest BCUT2D eigenvalue weighted by molar-refractivity contribution is 6.35. The van der Waals surface area contributed by atoms with Crippen LogP contribution in [0.1, 0.15) is 52.0 Å². The standard InChI is InChI=1S/C21H32N2O3/c1-21(2,3)16-7-9-17(10-8-16)23-20(25)19(24)22-14-13-15-5-11-18(26-4)12-6-15/h5-6,11-12,16-17H,7-10,13-14H2,1-4H3,(H,22,24)(H,23,25). The third kappa shape index (κ3) is 6.04. The molecule has 0 spiro atoms. The molecule has 5 heteroatoms. The van der Waals surface area contributed by atoms with Gasteiger partial charge in [0.1, 0.15) is 5.75 Å². The van der Waals surface area contributed by atoms with Crippen LogP contribution in [0.5, 0.6) is 5.75 Å². The maximum atomic E-state index is 12.1. The molecule has 1 aromatic carbocycles. The Bertz CT molecular complexity index is 597. The first-order valence-corrected chi connectivity index (χ1v) is 9.51. The first kappa shape index (κ1) is 20.3. The van der Waals surface area contributed by atoms with Crippen molar-refractivity contribution in [2.75, 3.05) is 13.7 Å². The van der Waals surface area contributed by atoms with E-state index in [9.17, 15) is 9.59 Å². The van der Waals surface area contributed by atoms with Crippen LogP contribution in [0.4, 0.5) is 0 Å². The van der Waals surface area contributed by atoms with Gasteiger partial charge in [-0.3, -0.25) is 9.59 Å². The van der Waals surface area contributed by atoms with E-state index in [1.807, 2.05) is 24.3 Å². The Kier molecular flexibility index (Phi) is 7.06. The van der Waals surface area contributed by atoms with E-state index < -0.39 is 11.8 Å². The number of nitrogens with one attached hydrogen (secondary N) is 2. The van der Waals surface area contributed by atoms with Crippen LogP contribution in [0.25, 0.3) is 0 Å². The topological polar surface area (TPSA) is 67.4 Å². The van der Waals surface area contributed by atoms with E-state index in [4.69, 9.17) is 4.74 Å². The molecule has 1 saturated carbocycles. The van der Waals surface area contributed by atoms with Crippen molar-refractivity contribution in [3.05, 3.63) is 29.8 Å². The van der Waals surface area contributed by atoms with Crippen LogP contribution in [0, 0.1) is 11.3 Å². The van der Waals surface area contributed by atoms with Gasteiger partial charge in [0.2, 0.25) is 0 Å². The van der Waals surface area contributed by atoms with Gasteiger partial charge in [0, 0.05) is 12.6 Å². The molecule has 0 bridgehead atoms. The maximum Gasteiger partial charge on any atom is 0.309 e. The van der Waals surface area contributed by atoms with Crippen molar-refractivity contribution in [2.45, 2.75) is 58.9 Å². The monoisotopic (exact) mass is 360 g/mol. The fourth-order valence-corrected chi connectivity index (χ4v) is 3.55. The first-order valence-electron chi connectivity index (χ1n) is 9.51. The molecule has 2 N–H and O–H groups in total. The summed E-state index contributed by atoms with van der Waals surface area (Å²) in [6, 6.07) is 7.81. The third-order valence-electron chi connectivity index (χ3n) is 5.35. The van der Waals surface area contributed by atoms with Crippen LogP contribution < -0.4 is 15.4 Å². The molecule has 1 fully saturated rings. The van der Waals surface area contributed by atoms with Crippen molar-refractivity contribution in [3.8, 4) is 5.75 Å². The number of hydrogen-bond donors (Lipinski definition) is 2. The summed E-state index contributed by atoms with van der Waals surface area (Å²) in [4.78, 5) is 24.1. The number of carbonyl (C=O) groups excluding carboxylic acids is 2. The van der Waals surface area contributed by atoms with Crippen LogP contribution in [0.3, 0.4) is 0 Å². The van der Waals surface area contributed by atoms with E-state index in [1.54, 1.807) is 7.11 Å². The zero-order valence-electron chi connectivity index (χ0n) is 16.4. The van der Waals surface area contributed by atoms with E-state index in [0.717, 1.165) is 37.0 Å². The Labute approximate surface area is 156 Å². The van der Waals surface area contributed by atoms with Gasteiger partial charge in [-0.2, -0.15) is 0 Å². The van der Waals surface area contributed by atoms with Crippen LogP contribution in [-0.4, -0.2) is 31.5 Å². The number of ether oxygens (including phenoxy) is 1. The lowest BCUT2D eigenvalue weighted by Crippen LogP contribution is -2.46. The SMILES string of the molecule is COc1ccc(CCNC(=O)C(=O)NC2CCC(C(C)(C)C)CC2)cc1. The van der Waals surface area contributed by atoms with Crippen molar-refractivity contribution in [1.29, 1.82) is 0 Å². The van der Waals surface area contributed by atoms with Crippen molar-refractivity contribution in [1.82, 2.24) is 10.6 Å². The molecule has 1 aromatic rings. The summed E-state index contributed by atoms with van der Waals surface area (Å²) in [5, 5.41) is 5.59. The molecule has 5 nitrogen and oxygen atoms in total. The second kappa shape index (κ2) is 9.06. The molecule has 0 radical (unpaired) electrons. The Balaban J connectivity index is 1.68. The van der Waals surface area contributed by atoms with E-state index in [0.29, 0.717) is 24.3 Å². The highest BCUT2D eigenvalue weighted by atomic mass is 16.5. The van der Waals surface area contributed by atoms with Crippen molar-refractivity contribution in [3.63, 3.8) is 0 Å². The van der Waals surface area contributed by atoms with E-state index in [-0.39, 0.29) is 6.04 Å². The van der Waals surface area contributed by atoms with Crippen molar-refractivity contribution < 1.29 is 14.3 Å². The summed E-state index contributed by atoms with van der Waals surface area (Å²) < 4.78 is 5.12. The number of hydrogen-bond acceptors (Lipinski definition) is 3. The summed E-state index contributed by atoms with van der Waals surface area (Å²) >= 11 is 0. The third-order valence-corrected chi connectivity index (χ3v) is 5.35. The normalized spacial score (nSPS) is 20.3. The quantitative estimate of drug-likeness (QED) is 0.793. The molecular weight excluding hydrogens is 328 g/mol. The maximum absolute atomic E-state index is 12.1. The summed E-state index contributed by atoms with van der Waals surface area (Å²) in [7, 11) is 1.63. The minimum Gasteiger partial charge on any atom is -0.497 e. The molecule has 0 heterocycles. The van der Waals surface area contributed by atoms with Gasteiger partial charge in [-0.25, -0.2) is 0 Å². The molecule has 0 aliphatic heterocycles. The van der Waals surface area contributed by atoms with Gasteiger partial charge in [0.05, 0.1) is 7.11 Å². The highest BCUT2D eigenvalue weighted by Gasteiger charge is 2.30. The van der Waals surface area contributed by atoms with Gasteiger partial charge in [0.15, 0.2) is 0 Å². The van der Waals surface area contributed by atoms with Crippen LogP contribution in [-0.2, 0) is 16.0 Å². The average molecular weight is 360 g/mol. The summed E-state index contributed by atoms with van der Waals surface area (Å²) in [6.45, 7) is 7.25. The fraction of sp³-hybridized carbons (Fsp3) is 0.619. The molecular formula is C21H32N2O3. The molecule has 1 aliphatic rings. The molecule has 144 valence electrons. The van der Waals surface area contributed by atoms with Crippen LogP contribution in [0.15, 0.2) is 24.3 Å². The zero-order valence-corrected chi connectivity index (χ0v) is 16.4. The smallest absolute Gasteiger partial charge is 0.309 e. The average Bonchev–Trinajstić information content (AvgIpc) is 2.62. The molecule has 1 aliphatic carbocycles. The molecule has 0 unspecified atom stereocenters. The van der Waals surface area contributed by atoms with E-state index in [2.05, 4.69) is 31.4 Å². The molecule has 0 saturated heterocycles. The lowest BCUT2D eigenvalue weighted by Gasteiger charge is -2.37. The minimum atomic E-state index is -0.545. The van der Waals surface area contributed by atoms with Crippen LogP contribution in [0.2, 0.25) is 0 Å². The van der Waals surface area contributed by atoms with Gasteiger partial charge in [0.25, 0.3) is 0 Å².